The van der Waals surface area contributed by atoms with Crippen LogP contribution in [0.15, 0.2) is 29.2 Å². The zero-order valence-electron chi connectivity index (χ0n) is 13.4. The zero-order valence-corrected chi connectivity index (χ0v) is 15.0. The van der Waals surface area contributed by atoms with Crippen LogP contribution in [-0.2, 0) is 14.8 Å². The molecule has 0 spiro atoms. The average molecular weight is 372 g/mol. The fourth-order valence-corrected chi connectivity index (χ4v) is 4.97. The standard InChI is InChI=1S/C16H22ClN3O3S/c17-14-4-1-5-15(11-14)24(22,23)20-9-7-19(8-10-20)16(21)13-3-2-6-18-12-13/h1,4-5,11,13,18H,2-3,6-10,12H2. The number of nitrogens with one attached hydrogen (secondary N) is 1. The maximum absolute atomic E-state index is 12.7. The average Bonchev–Trinajstić information content (AvgIpc) is 2.62. The Labute approximate surface area is 147 Å². The van der Waals surface area contributed by atoms with Crippen molar-refractivity contribution in [1.82, 2.24) is 14.5 Å². The SMILES string of the molecule is O=C(C1CCCNC1)N1CCN(S(=O)(=O)c2cccc(Cl)c2)CC1. The Bertz CT molecular complexity index is 696. The molecule has 6 nitrogen and oxygen atoms in total. The predicted molar refractivity (Wildman–Crippen MR) is 92.4 cm³/mol. The van der Waals surface area contributed by atoms with Gasteiger partial charge in [0, 0.05) is 37.7 Å². The Morgan fingerprint density at radius 1 is 1.21 bits per heavy atom. The van der Waals surface area contributed by atoms with Crippen LogP contribution in [0.4, 0.5) is 0 Å². The van der Waals surface area contributed by atoms with Gasteiger partial charge in [-0.15, -0.1) is 0 Å². The predicted octanol–water partition coefficient (Wildman–Crippen LogP) is 1.17. The van der Waals surface area contributed by atoms with Gasteiger partial charge in [-0.05, 0) is 37.6 Å². The van der Waals surface area contributed by atoms with E-state index in [0.29, 0.717) is 31.2 Å². The Morgan fingerprint density at radius 3 is 2.58 bits per heavy atom. The number of nitrogens with zero attached hydrogens (tertiary/aromatic N) is 2. The second-order valence-corrected chi connectivity index (χ2v) is 8.60. The van der Waals surface area contributed by atoms with Crippen LogP contribution in [0.5, 0.6) is 0 Å². The summed E-state index contributed by atoms with van der Waals surface area (Å²) in [6.07, 6.45) is 1.92. The van der Waals surface area contributed by atoms with Gasteiger partial charge in [-0.1, -0.05) is 17.7 Å². The molecule has 2 saturated heterocycles. The van der Waals surface area contributed by atoms with Crippen LogP contribution < -0.4 is 5.32 Å². The summed E-state index contributed by atoms with van der Waals surface area (Å²) >= 11 is 5.90. The topological polar surface area (TPSA) is 69.7 Å². The quantitative estimate of drug-likeness (QED) is 0.866. The second kappa shape index (κ2) is 7.39. The van der Waals surface area contributed by atoms with E-state index in [-0.39, 0.29) is 16.7 Å². The fourth-order valence-electron chi connectivity index (χ4n) is 3.25. The van der Waals surface area contributed by atoms with Crippen molar-refractivity contribution in [3.63, 3.8) is 0 Å². The van der Waals surface area contributed by atoms with Gasteiger partial charge in [-0.2, -0.15) is 4.31 Å². The molecule has 0 bridgehead atoms. The van der Waals surface area contributed by atoms with Crippen molar-refractivity contribution in [2.24, 2.45) is 5.92 Å². The maximum Gasteiger partial charge on any atom is 0.243 e. The number of carbonyl (C=O) groups excluding carboxylic acids is 1. The highest BCUT2D eigenvalue weighted by molar-refractivity contribution is 7.89. The highest BCUT2D eigenvalue weighted by Crippen LogP contribution is 2.22. The van der Waals surface area contributed by atoms with E-state index in [2.05, 4.69) is 5.32 Å². The highest BCUT2D eigenvalue weighted by Gasteiger charge is 2.32. The second-order valence-electron chi connectivity index (χ2n) is 6.23. The summed E-state index contributed by atoms with van der Waals surface area (Å²) in [5.74, 6) is 0.164. The Kier molecular flexibility index (Phi) is 5.44. The van der Waals surface area contributed by atoms with Crippen LogP contribution in [0.2, 0.25) is 5.02 Å². The zero-order chi connectivity index (χ0) is 17.2. The third-order valence-electron chi connectivity index (χ3n) is 4.63. The summed E-state index contributed by atoms with van der Waals surface area (Å²) in [6.45, 7) is 3.21. The number of carbonyl (C=O) groups is 1. The van der Waals surface area contributed by atoms with Crippen LogP contribution in [0.3, 0.4) is 0 Å². The largest absolute Gasteiger partial charge is 0.340 e. The molecule has 0 aliphatic carbocycles. The lowest BCUT2D eigenvalue weighted by Crippen LogP contribution is -2.53. The third kappa shape index (κ3) is 3.74. The summed E-state index contributed by atoms with van der Waals surface area (Å²) in [6, 6.07) is 6.29. The van der Waals surface area contributed by atoms with Gasteiger partial charge in [0.25, 0.3) is 0 Å². The molecule has 24 heavy (non-hydrogen) atoms. The van der Waals surface area contributed by atoms with E-state index in [0.717, 1.165) is 25.9 Å². The van der Waals surface area contributed by atoms with E-state index in [4.69, 9.17) is 11.6 Å². The summed E-state index contributed by atoms with van der Waals surface area (Å²) in [7, 11) is -3.56. The molecule has 0 saturated carbocycles. The van der Waals surface area contributed by atoms with Crippen molar-refractivity contribution in [1.29, 1.82) is 0 Å². The number of sulfonamides is 1. The summed E-state index contributed by atoms with van der Waals surface area (Å²) in [4.78, 5) is 14.5. The van der Waals surface area contributed by atoms with Crippen LogP contribution in [0.1, 0.15) is 12.8 Å². The molecule has 0 radical (unpaired) electrons. The third-order valence-corrected chi connectivity index (χ3v) is 6.76. The summed E-state index contributed by atoms with van der Waals surface area (Å²) in [5, 5.41) is 3.65. The van der Waals surface area contributed by atoms with Gasteiger partial charge >= 0.3 is 0 Å². The molecule has 1 unspecified atom stereocenters. The molecule has 1 N–H and O–H groups in total. The van der Waals surface area contributed by atoms with Crippen molar-refractivity contribution in [2.45, 2.75) is 17.7 Å². The van der Waals surface area contributed by atoms with Crippen LogP contribution in [0.25, 0.3) is 0 Å². The van der Waals surface area contributed by atoms with E-state index in [1.54, 1.807) is 23.1 Å². The van der Waals surface area contributed by atoms with Crippen LogP contribution in [0, 0.1) is 5.92 Å². The molecule has 1 aromatic carbocycles. The lowest BCUT2D eigenvalue weighted by atomic mass is 9.98. The normalized spacial score (nSPS) is 23.2. The first-order chi connectivity index (χ1) is 11.5. The van der Waals surface area contributed by atoms with Gasteiger partial charge in [0.15, 0.2) is 0 Å². The van der Waals surface area contributed by atoms with Gasteiger partial charge in [-0.25, -0.2) is 8.42 Å². The number of hydrogen-bond acceptors (Lipinski definition) is 4. The first kappa shape index (κ1) is 17.7. The minimum absolute atomic E-state index is 0.0230. The van der Waals surface area contributed by atoms with Crippen molar-refractivity contribution in [2.75, 3.05) is 39.3 Å². The van der Waals surface area contributed by atoms with Gasteiger partial charge in [0.1, 0.15) is 0 Å². The van der Waals surface area contributed by atoms with Crippen molar-refractivity contribution >= 4 is 27.5 Å². The molecule has 8 heteroatoms. The van der Waals surface area contributed by atoms with Crippen molar-refractivity contribution in [3.05, 3.63) is 29.3 Å². The van der Waals surface area contributed by atoms with E-state index >= 15 is 0 Å². The van der Waals surface area contributed by atoms with Gasteiger partial charge < -0.3 is 10.2 Å². The Morgan fingerprint density at radius 2 is 1.96 bits per heavy atom. The number of piperidine rings is 1. The fraction of sp³-hybridized carbons (Fsp3) is 0.562. The monoisotopic (exact) mass is 371 g/mol. The molecule has 2 aliphatic rings. The van der Waals surface area contributed by atoms with E-state index in [9.17, 15) is 13.2 Å². The number of rotatable bonds is 3. The van der Waals surface area contributed by atoms with Gasteiger partial charge in [-0.3, -0.25) is 4.79 Å². The molecule has 2 heterocycles. The minimum atomic E-state index is -3.56. The first-order valence-corrected chi connectivity index (χ1v) is 10.1. The summed E-state index contributed by atoms with van der Waals surface area (Å²) in [5.41, 5.74) is 0. The molecular formula is C16H22ClN3O3S. The highest BCUT2D eigenvalue weighted by atomic mass is 35.5. The molecule has 1 aromatic rings. The molecule has 1 atom stereocenters. The molecule has 2 fully saturated rings. The van der Waals surface area contributed by atoms with E-state index < -0.39 is 10.0 Å². The van der Waals surface area contributed by atoms with Crippen LogP contribution >= 0.6 is 11.6 Å². The molecule has 0 aromatic heterocycles. The van der Waals surface area contributed by atoms with E-state index in [1.807, 2.05) is 0 Å². The van der Waals surface area contributed by atoms with Crippen molar-refractivity contribution in [3.8, 4) is 0 Å². The lowest BCUT2D eigenvalue weighted by molar-refractivity contribution is -0.137. The molecular weight excluding hydrogens is 350 g/mol. The van der Waals surface area contributed by atoms with E-state index in [1.165, 1.54) is 10.4 Å². The molecule has 3 rings (SSSR count). The summed E-state index contributed by atoms with van der Waals surface area (Å²) < 4.78 is 26.8. The van der Waals surface area contributed by atoms with Gasteiger partial charge in [0.05, 0.1) is 10.8 Å². The smallest absolute Gasteiger partial charge is 0.243 e. The Hall–Kier alpha value is -1.15. The number of halogens is 1. The first-order valence-electron chi connectivity index (χ1n) is 8.24. The molecule has 1 amide bonds. The number of amides is 1. The lowest BCUT2D eigenvalue weighted by Gasteiger charge is -2.36. The Balaban J connectivity index is 1.63. The molecule has 2 aliphatic heterocycles. The number of hydrogen-bond donors (Lipinski definition) is 1. The van der Waals surface area contributed by atoms with Crippen molar-refractivity contribution < 1.29 is 13.2 Å². The van der Waals surface area contributed by atoms with Gasteiger partial charge in [0.2, 0.25) is 15.9 Å². The number of piperazine rings is 1. The number of benzene rings is 1. The maximum atomic E-state index is 12.7. The molecule has 132 valence electrons. The van der Waals surface area contributed by atoms with Crippen LogP contribution in [-0.4, -0.2) is 62.8 Å². The minimum Gasteiger partial charge on any atom is -0.340 e.